The van der Waals surface area contributed by atoms with Gasteiger partial charge >= 0.3 is 0 Å². The van der Waals surface area contributed by atoms with Crippen LogP contribution >= 0.6 is 0 Å². The Morgan fingerprint density at radius 1 is 1.11 bits per heavy atom. The summed E-state index contributed by atoms with van der Waals surface area (Å²) in [6.45, 7) is 4.39. The first-order chi connectivity index (χ1) is 13.0. The van der Waals surface area contributed by atoms with Crippen LogP contribution < -0.4 is 10.2 Å². The van der Waals surface area contributed by atoms with Crippen LogP contribution in [-0.2, 0) is 0 Å². The molecule has 0 radical (unpaired) electrons. The fourth-order valence-corrected chi connectivity index (χ4v) is 7.07. The van der Waals surface area contributed by atoms with Crippen LogP contribution in [0.15, 0.2) is 18.2 Å². The van der Waals surface area contributed by atoms with Crippen molar-refractivity contribution in [3.05, 3.63) is 28.3 Å². The van der Waals surface area contributed by atoms with Crippen molar-refractivity contribution in [2.45, 2.75) is 64.3 Å². The highest BCUT2D eigenvalue weighted by Crippen LogP contribution is 2.61. The van der Waals surface area contributed by atoms with E-state index >= 15 is 0 Å². The molecule has 1 atom stereocenters. The third kappa shape index (κ3) is 2.99. The van der Waals surface area contributed by atoms with E-state index < -0.39 is 0 Å². The average molecular weight is 370 g/mol. The van der Waals surface area contributed by atoms with Gasteiger partial charge in [0.25, 0.3) is 5.69 Å². The smallest absolute Gasteiger partial charge is 0.292 e. The topological polar surface area (TPSA) is 58.4 Å². The molecule has 1 heterocycles. The zero-order chi connectivity index (χ0) is 18.6. The van der Waals surface area contributed by atoms with Crippen LogP contribution in [0.4, 0.5) is 17.1 Å². The van der Waals surface area contributed by atoms with Crippen LogP contribution in [0, 0.1) is 33.3 Å². The number of benzene rings is 1. The lowest BCUT2D eigenvalue weighted by atomic mass is 9.48. The SMILES string of the molecule is CC(Nc1cc(N2CCCC2)ccc1[N+](=O)[O-])C12CC3CC(CC(C3)C1)C2. The fourth-order valence-electron chi connectivity index (χ4n) is 7.07. The number of anilines is 2. The molecule has 0 spiro atoms. The molecule has 5 heteroatoms. The van der Waals surface area contributed by atoms with Gasteiger partial charge in [-0.3, -0.25) is 10.1 Å². The van der Waals surface area contributed by atoms with E-state index in [4.69, 9.17) is 0 Å². The van der Waals surface area contributed by atoms with Gasteiger partial charge in [-0.1, -0.05) is 0 Å². The molecule has 5 nitrogen and oxygen atoms in total. The van der Waals surface area contributed by atoms with Gasteiger partial charge in [-0.25, -0.2) is 0 Å². The number of nitro benzene ring substituents is 1. The lowest BCUT2D eigenvalue weighted by molar-refractivity contribution is -0.384. The number of nitrogens with one attached hydrogen (secondary N) is 1. The lowest BCUT2D eigenvalue weighted by Gasteiger charge is -2.59. The largest absolute Gasteiger partial charge is 0.376 e. The van der Waals surface area contributed by atoms with Gasteiger partial charge in [0.15, 0.2) is 0 Å². The van der Waals surface area contributed by atoms with Gasteiger partial charge in [0.1, 0.15) is 5.69 Å². The van der Waals surface area contributed by atoms with Gasteiger partial charge in [0.2, 0.25) is 0 Å². The molecule has 5 aliphatic rings. The molecule has 4 saturated carbocycles. The molecule has 1 N–H and O–H groups in total. The maximum Gasteiger partial charge on any atom is 0.292 e. The number of nitro groups is 1. The summed E-state index contributed by atoms with van der Waals surface area (Å²) in [6.07, 6.45) is 10.6. The number of rotatable bonds is 5. The second-order valence-corrected chi connectivity index (χ2v) is 9.80. The summed E-state index contributed by atoms with van der Waals surface area (Å²) in [5, 5.41) is 15.3. The number of hydrogen-bond acceptors (Lipinski definition) is 4. The van der Waals surface area contributed by atoms with Gasteiger partial charge in [-0.05, 0) is 93.6 Å². The Hall–Kier alpha value is -1.78. The predicted octanol–water partition coefficient (Wildman–Crippen LogP) is 5.21. The molecular weight excluding hydrogens is 338 g/mol. The molecule has 6 rings (SSSR count). The molecule has 1 aliphatic heterocycles. The van der Waals surface area contributed by atoms with Gasteiger partial charge < -0.3 is 10.2 Å². The minimum atomic E-state index is -0.234. The third-order valence-corrected chi connectivity index (χ3v) is 8.02. The van der Waals surface area contributed by atoms with Crippen LogP contribution in [0.2, 0.25) is 0 Å². The van der Waals surface area contributed by atoms with Crippen LogP contribution in [0.3, 0.4) is 0 Å². The second-order valence-electron chi connectivity index (χ2n) is 9.80. The molecule has 5 fully saturated rings. The summed E-state index contributed by atoms with van der Waals surface area (Å²) in [6, 6.07) is 5.94. The van der Waals surface area contributed by atoms with Crippen LogP contribution in [-0.4, -0.2) is 24.1 Å². The van der Waals surface area contributed by atoms with Crippen LogP contribution in [0.25, 0.3) is 0 Å². The Kier molecular flexibility index (Phi) is 4.10. The normalized spacial score (nSPS) is 35.4. The van der Waals surface area contributed by atoms with E-state index in [9.17, 15) is 10.1 Å². The first-order valence-corrected chi connectivity index (χ1v) is 10.8. The van der Waals surface area contributed by atoms with Gasteiger partial charge in [0.05, 0.1) is 4.92 Å². The average Bonchev–Trinajstić information content (AvgIpc) is 3.15. The maximum absolute atomic E-state index is 11.6. The predicted molar refractivity (Wildman–Crippen MR) is 108 cm³/mol. The summed E-state index contributed by atoms with van der Waals surface area (Å²) in [5.41, 5.74) is 2.40. The summed E-state index contributed by atoms with van der Waals surface area (Å²) >= 11 is 0. The minimum Gasteiger partial charge on any atom is -0.376 e. The summed E-state index contributed by atoms with van der Waals surface area (Å²) < 4.78 is 0. The summed E-state index contributed by atoms with van der Waals surface area (Å²) in [4.78, 5) is 13.8. The second kappa shape index (κ2) is 6.39. The molecule has 1 aromatic carbocycles. The quantitative estimate of drug-likeness (QED) is 0.571. The van der Waals surface area contributed by atoms with Gasteiger partial charge in [-0.2, -0.15) is 0 Å². The monoisotopic (exact) mass is 369 g/mol. The van der Waals surface area contributed by atoms with Crippen molar-refractivity contribution in [1.29, 1.82) is 0 Å². The van der Waals surface area contributed by atoms with E-state index in [0.29, 0.717) is 17.1 Å². The first kappa shape index (κ1) is 17.3. The molecule has 1 unspecified atom stereocenters. The highest BCUT2D eigenvalue weighted by Gasteiger charge is 2.53. The van der Waals surface area contributed by atoms with Crippen molar-refractivity contribution in [3.8, 4) is 0 Å². The van der Waals surface area contributed by atoms with E-state index in [1.807, 2.05) is 12.1 Å². The zero-order valence-corrected chi connectivity index (χ0v) is 16.3. The van der Waals surface area contributed by atoms with Crippen molar-refractivity contribution in [2.24, 2.45) is 23.2 Å². The van der Waals surface area contributed by atoms with Crippen molar-refractivity contribution in [3.63, 3.8) is 0 Å². The van der Waals surface area contributed by atoms with E-state index in [2.05, 4.69) is 17.1 Å². The highest BCUT2D eigenvalue weighted by atomic mass is 16.6. The standard InChI is InChI=1S/C22H31N3O2/c1-15(22-12-16-8-17(13-22)10-18(9-16)14-22)23-20-11-19(24-6-2-3-7-24)4-5-21(20)25(26)27/h4-5,11,15-18,23H,2-3,6-10,12-14H2,1H3. The molecule has 4 aliphatic carbocycles. The highest BCUT2D eigenvalue weighted by molar-refractivity contribution is 5.69. The number of nitrogens with zero attached hydrogens (tertiary/aromatic N) is 2. The Morgan fingerprint density at radius 3 is 2.26 bits per heavy atom. The molecule has 1 saturated heterocycles. The summed E-state index contributed by atoms with van der Waals surface area (Å²) in [5.74, 6) is 2.68. The lowest BCUT2D eigenvalue weighted by Crippen LogP contribution is -2.52. The Balaban J connectivity index is 1.42. The maximum atomic E-state index is 11.6. The molecule has 146 valence electrons. The molecule has 27 heavy (non-hydrogen) atoms. The Morgan fingerprint density at radius 2 is 1.70 bits per heavy atom. The van der Waals surface area contributed by atoms with Crippen molar-refractivity contribution in [2.75, 3.05) is 23.3 Å². The van der Waals surface area contributed by atoms with E-state index in [0.717, 1.165) is 36.5 Å². The Bertz CT molecular complexity index is 706. The molecule has 0 amide bonds. The van der Waals surface area contributed by atoms with Crippen LogP contribution in [0.5, 0.6) is 0 Å². The molecule has 1 aromatic rings. The van der Waals surface area contributed by atoms with Crippen LogP contribution in [0.1, 0.15) is 58.3 Å². The summed E-state index contributed by atoms with van der Waals surface area (Å²) in [7, 11) is 0. The van der Waals surface area contributed by atoms with Gasteiger partial charge in [-0.15, -0.1) is 0 Å². The number of hydrogen-bond donors (Lipinski definition) is 1. The van der Waals surface area contributed by atoms with E-state index in [-0.39, 0.29) is 10.6 Å². The van der Waals surface area contributed by atoms with E-state index in [1.165, 1.54) is 51.4 Å². The van der Waals surface area contributed by atoms with Gasteiger partial charge in [0, 0.05) is 30.9 Å². The minimum absolute atomic E-state index is 0.217. The zero-order valence-electron chi connectivity index (χ0n) is 16.3. The van der Waals surface area contributed by atoms with Crippen molar-refractivity contribution >= 4 is 17.1 Å². The third-order valence-electron chi connectivity index (χ3n) is 8.02. The van der Waals surface area contributed by atoms with Crippen molar-refractivity contribution < 1.29 is 4.92 Å². The molecular formula is C22H31N3O2. The first-order valence-electron chi connectivity index (χ1n) is 10.8. The fraction of sp³-hybridized carbons (Fsp3) is 0.727. The molecule has 0 aromatic heterocycles. The van der Waals surface area contributed by atoms with Crippen molar-refractivity contribution in [1.82, 2.24) is 0 Å². The Labute approximate surface area is 161 Å². The van der Waals surface area contributed by atoms with E-state index in [1.54, 1.807) is 6.07 Å². The molecule has 4 bridgehead atoms.